The lowest BCUT2D eigenvalue weighted by molar-refractivity contribution is 0.102. The van der Waals surface area contributed by atoms with Crippen molar-refractivity contribution in [3.05, 3.63) is 48.3 Å². The molecule has 162 valence electrons. The number of nitrogens with zero attached hydrogens (tertiary/aromatic N) is 4. The molecule has 8 nitrogen and oxygen atoms in total. The molecule has 3 N–H and O–H groups in total. The number of benzene rings is 1. The summed E-state index contributed by atoms with van der Waals surface area (Å²) in [7, 11) is 0. The Morgan fingerprint density at radius 1 is 1.16 bits per heavy atom. The highest BCUT2D eigenvalue weighted by Crippen LogP contribution is 2.31. The van der Waals surface area contributed by atoms with Gasteiger partial charge in [0.25, 0.3) is 5.91 Å². The fourth-order valence-corrected chi connectivity index (χ4v) is 3.68. The Balaban J connectivity index is 1.76. The largest absolute Gasteiger partial charge is 0.391 e. The maximum Gasteiger partial charge on any atom is 0.256 e. The molecule has 0 bridgehead atoms. The van der Waals surface area contributed by atoms with Crippen LogP contribution in [0.1, 0.15) is 44.0 Å². The third-order valence-electron chi connectivity index (χ3n) is 5.09. The highest BCUT2D eigenvalue weighted by atomic mass is 16.3. The van der Waals surface area contributed by atoms with E-state index in [9.17, 15) is 9.90 Å². The Morgan fingerprint density at radius 3 is 2.65 bits per heavy atom. The lowest BCUT2D eigenvalue weighted by Gasteiger charge is -2.32. The van der Waals surface area contributed by atoms with Crippen molar-refractivity contribution in [2.45, 2.75) is 45.3 Å². The minimum Gasteiger partial charge on any atom is -0.391 e. The van der Waals surface area contributed by atoms with E-state index in [0.29, 0.717) is 34.8 Å². The topological polar surface area (TPSA) is 103 Å². The van der Waals surface area contributed by atoms with Crippen molar-refractivity contribution in [1.82, 2.24) is 15.0 Å². The van der Waals surface area contributed by atoms with Gasteiger partial charge in [0.2, 0.25) is 5.95 Å². The number of β-amino-alcohol motifs (C(OH)–C–C–N with tert-alkyl or cyclic N) is 1. The maximum atomic E-state index is 12.7. The van der Waals surface area contributed by atoms with Crippen LogP contribution in [-0.2, 0) is 0 Å². The minimum absolute atomic E-state index is 0.202. The van der Waals surface area contributed by atoms with Crippen LogP contribution in [0.5, 0.6) is 0 Å². The Morgan fingerprint density at radius 2 is 1.94 bits per heavy atom. The van der Waals surface area contributed by atoms with Crippen LogP contribution in [0.4, 0.5) is 17.5 Å². The van der Waals surface area contributed by atoms with E-state index < -0.39 is 0 Å². The van der Waals surface area contributed by atoms with Crippen LogP contribution in [0, 0.1) is 0 Å². The summed E-state index contributed by atoms with van der Waals surface area (Å²) in [5.41, 5.74) is 1.86. The molecule has 1 amide bonds. The molecule has 1 saturated heterocycles. The van der Waals surface area contributed by atoms with Gasteiger partial charge >= 0.3 is 0 Å². The molecule has 1 atom stereocenters. The van der Waals surface area contributed by atoms with Gasteiger partial charge in [-0.25, -0.2) is 15.0 Å². The van der Waals surface area contributed by atoms with E-state index in [1.54, 1.807) is 24.5 Å². The first kappa shape index (κ1) is 21.0. The zero-order valence-electron chi connectivity index (χ0n) is 18.1. The minimum atomic E-state index is -0.379. The number of carbonyl (C=O) groups is 1. The monoisotopic (exact) mass is 420 g/mol. The number of aliphatic hydroxyl groups is 1. The predicted molar refractivity (Wildman–Crippen MR) is 123 cm³/mol. The number of hydrogen-bond donors (Lipinski definition) is 3. The standard InChI is InChI=1S/C23H28N6O2/c1-23(2,3)28-22-25-12-17-19(26-22)18(29-11-7-10-16(30)14-29)13-24-20(17)27-21(31)15-8-5-4-6-9-15/h4-6,8-9,12-13,16,30H,7,10-11,14H2,1-3H3,(H,24,27,31)(H,25,26,28)/t16-/m0/s1. The summed E-state index contributed by atoms with van der Waals surface area (Å²) in [6.07, 6.45) is 4.71. The van der Waals surface area contributed by atoms with E-state index in [1.165, 1.54) is 0 Å². The average Bonchev–Trinajstić information content (AvgIpc) is 2.73. The van der Waals surface area contributed by atoms with Crippen LogP contribution < -0.4 is 15.5 Å². The van der Waals surface area contributed by atoms with Crippen LogP contribution in [0.3, 0.4) is 0 Å². The van der Waals surface area contributed by atoms with Crippen molar-refractivity contribution in [3.63, 3.8) is 0 Å². The van der Waals surface area contributed by atoms with Crippen LogP contribution in [0.15, 0.2) is 42.7 Å². The number of pyridine rings is 1. The average molecular weight is 421 g/mol. The molecule has 4 rings (SSSR count). The quantitative estimate of drug-likeness (QED) is 0.594. The summed E-state index contributed by atoms with van der Waals surface area (Å²) in [5.74, 6) is 0.672. The van der Waals surface area contributed by atoms with Crippen molar-refractivity contribution < 1.29 is 9.90 Å². The van der Waals surface area contributed by atoms with Crippen LogP contribution in [0.25, 0.3) is 10.9 Å². The van der Waals surface area contributed by atoms with E-state index in [0.717, 1.165) is 25.1 Å². The predicted octanol–water partition coefficient (Wildman–Crippen LogP) is 3.45. The molecular formula is C23H28N6O2. The van der Waals surface area contributed by atoms with Crippen molar-refractivity contribution in [2.75, 3.05) is 28.6 Å². The summed E-state index contributed by atoms with van der Waals surface area (Å²) in [4.78, 5) is 28.5. The number of rotatable bonds is 4. The molecule has 0 spiro atoms. The summed E-state index contributed by atoms with van der Waals surface area (Å²) in [6, 6.07) is 9.01. The van der Waals surface area contributed by atoms with Gasteiger partial charge in [-0.2, -0.15) is 0 Å². The van der Waals surface area contributed by atoms with E-state index in [-0.39, 0.29) is 17.6 Å². The van der Waals surface area contributed by atoms with Gasteiger partial charge in [-0.15, -0.1) is 0 Å². The van der Waals surface area contributed by atoms with Gasteiger partial charge in [-0.1, -0.05) is 18.2 Å². The van der Waals surface area contributed by atoms with Crippen LogP contribution in [-0.4, -0.2) is 50.7 Å². The highest BCUT2D eigenvalue weighted by Gasteiger charge is 2.23. The first-order chi connectivity index (χ1) is 14.8. The van der Waals surface area contributed by atoms with E-state index in [2.05, 4.69) is 25.5 Å². The summed E-state index contributed by atoms with van der Waals surface area (Å²) in [5, 5.41) is 17.0. The lowest BCUT2D eigenvalue weighted by Crippen LogP contribution is -2.38. The van der Waals surface area contributed by atoms with Gasteiger partial charge in [0.15, 0.2) is 0 Å². The Labute approximate surface area is 181 Å². The van der Waals surface area contributed by atoms with Gasteiger partial charge in [0.1, 0.15) is 11.3 Å². The second-order valence-electron chi connectivity index (χ2n) is 8.89. The number of anilines is 3. The van der Waals surface area contributed by atoms with Gasteiger partial charge in [0, 0.05) is 30.4 Å². The summed E-state index contributed by atoms with van der Waals surface area (Å²) in [6.45, 7) is 7.47. The third kappa shape index (κ3) is 4.91. The van der Waals surface area contributed by atoms with Crippen LogP contribution in [0.2, 0.25) is 0 Å². The second-order valence-corrected chi connectivity index (χ2v) is 8.89. The maximum absolute atomic E-state index is 12.7. The number of piperidine rings is 1. The molecule has 0 radical (unpaired) electrons. The molecule has 1 aliphatic rings. The molecular weight excluding hydrogens is 392 g/mol. The molecule has 1 fully saturated rings. The second kappa shape index (κ2) is 8.47. The van der Waals surface area contributed by atoms with Gasteiger partial charge in [0.05, 0.1) is 23.4 Å². The number of nitrogens with one attached hydrogen (secondary N) is 2. The lowest BCUT2D eigenvalue weighted by atomic mass is 10.1. The zero-order valence-corrected chi connectivity index (χ0v) is 18.1. The van der Waals surface area contributed by atoms with Gasteiger partial charge in [-0.05, 0) is 45.7 Å². The fourth-order valence-electron chi connectivity index (χ4n) is 3.68. The Bertz CT molecular complexity index is 1080. The number of aliphatic hydroxyl groups excluding tert-OH is 1. The summed E-state index contributed by atoms with van der Waals surface area (Å²) < 4.78 is 0. The molecule has 1 aliphatic heterocycles. The summed E-state index contributed by atoms with van der Waals surface area (Å²) >= 11 is 0. The van der Waals surface area contributed by atoms with E-state index >= 15 is 0 Å². The highest BCUT2D eigenvalue weighted by molar-refractivity contribution is 6.09. The molecule has 8 heteroatoms. The van der Waals surface area contributed by atoms with Gasteiger partial charge in [-0.3, -0.25) is 4.79 Å². The first-order valence-corrected chi connectivity index (χ1v) is 10.5. The van der Waals surface area contributed by atoms with Gasteiger partial charge < -0.3 is 20.6 Å². The van der Waals surface area contributed by atoms with Crippen LogP contribution >= 0.6 is 0 Å². The Kier molecular flexibility index (Phi) is 5.73. The normalized spacial score (nSPS) is 16.9. The SMILES string of the molecule is CC(C)(C)Nc1ncc2c(NC(=O)c3ccccc3)ncc(N3CCC[C@H](O)C3)c2n1. The number of carbonyl (C=O) groups excluding carboxylic acids is 1. The molecule has 2 aromatic heterocycles. The van der Waals surface area contributed by atoms with Crippen molar-refractivity contribution in [1.29, 1.82) is 0 Å². The molecule has 31 heavy (non-hydrogen) atoms. The zero-order chi connectivity index (χ0) is 22.0. The molecule has 1 aromatic carbocycles. The molecule has 3 aromatic rings. The number of amides is 1. The van der Waals surface area contributed by atoms with E-state index in [1.807, 2.05) is 39.0 Å². The molecule has 3 heterocycles. The third-order valence-corrected chi connectivity index (χ3v) is 5.09. The molecule has 0 unspecified atom stereocenters. The van der Waals surface area contributed by atoms with Crippen molar-refractivity contribution in [2.24, 2.45) is 0 Å². The smallest absolute Gasteiger partial charge is 0.256 e. The number of fused-ring (bicyclic) bond motifs is 1. The van der Waals surface area contributed by atoms with Crippen molar-refractivity contribution in [3.8, 4) is 0 Å². The molecule has 0 saturated carbocycles. The molecule has 0 aliphatic carbocycles. The number of hydrogen-bond acceptors (Lipinski definition) is 7. The van der Waals surface area contributed by atoms with E-state index in [4.69, 9.17) is 4.98 Å². The number of aromatic nitrogens is 3. The fraction of sp³-hybridized carbons (Fsp3) is 0.391. The van der Waals surface area contributed by atoms with Crippen molar-refractivity contribution >= 4 is 34.3 Å². The Hall–Kier alpha value is -3.26. The first-order valence-electron chi connectivity index (χ1n) is 10.5.